The molecule has 2 nitrogen and oxygen atoms in total. The third-order valence-electron chi connectivity index (χ3n) is 10.3. The molecule has 0 aliphatic carbocycles. The first kappa shape index (κ1) is 37.1. The lowest BCUT2D eigenvalue weighted by atomic mass is 9.66. The van der Waals surface area contributed by atoms with Gasteiger partial charge in [0.05, 0.1) is 0 Å². The third kappa shape index (κ3) is 13.9. The van der Waals surface area contributed by atoms with Crippen molar-refractivity contribution in [1.29, 1.82) is 0 Å². The molecule has 0 fully saturated rings. The fourth-order valence-electron chi connectivity index (χ4n) is 7.42. The fraction of sp³-hybridized carbons (Fsp3) is 0.651. The number of rotatable bonds is 27. The molecule has 45 heavy (non-hydrogen) atoms. The van der Waals surface area contributed by atoms with Gasteiger partial charge in [-0.25, -0.2) is 4.98 Å². The highest BCUT2D eigenvalue weighted by Crippen LogP contribution is 2.44. The molecule has 0 radical (unpaired) electrons. The quantitative estimate of drug-likeness (QED) is 0.0783. The molecule has 2 heteroatoms. The van der Waals surface area contributed by atoms with E-state index in [2.05, 4.69) is 98.4 Å². The predicted octanol–water partition coefficient (Wildman–Crippen LogP) is 13.4. The Labute approximate surface area is 278 Å². The van der Waals surface area contributed by atoms with Crippen LogP contribution in [-0.4, -0.2) is 9.55 Å². The summed E-state index contributed by atoms with van der Waals surface area (Å²) in [7, 11) is 0. The normalized spacial score (nSPS) is 13.6. The van der Waals surface area contributed by atoms with Gasteiger partial charge < -0.3 is 4.57 Å². The van der Waals surface area contributed by atoms with Crippen LogP contribution >= 0.6 is 0 Å². The van der Waals surface area contributed by atoms with Crippen LogP contribution in [0.1, 0.15) is 178 Å². The number of hydrogen-bond donors (Lipinski definition) is 0. The molecule has 0 saturated heterocycles. The van der Waals surface area contributed by atoms with Crippen LogP contribution in [0.15, 0.2) is 73.1 Å². The molecule has 2 atom stereocenters. The topological polar surface area (TPSA) is 17.8 Å². The first-order chi connectivity index (χ1) is 22.2. The molecule has 2 unspecified atom stereocenters. The molecule has 0 saturated carbocycles. The molecule has 1 aromatic heterocycles. The number of nitrogens with zero attached hydrogens (tertiary/aromatic N) is 2. The van der Waals surface area contributed by atoms with Gasteiger partial charge in [-0.15, -0.1) is 0 Å². The average molecular weight is 613 g/mol. The van der Waals surface area contributed by atoms with Gasteiger partial charge in [0.25, 0.3) is 0 Å². The zero-order valence-corrected chi connectivity index (χ0v) is 29.7. The van der Waals surface area contributed by atoms with E-state index in [1.165, 1.54) is 152 Å². The number of benzene rings is 2. The maximum atomic E-state index is 5.13. The molecular weight excluding hydrogens is 544 g/mol. The van der Waals surface area contributed by atoms with Crippen molar-refractivity contribution < 1.29 is 0 Å². The van der Waals surface area contributed by atoms with E-state index >= 15 is 0 Å². The second kappa shape index (κ2) is 23.0. The number of unbranched alkanes of at least 4 members (excludes halogenated alkanes) is 18. The van der Waals surface area contributed by atoms with Crippen molar-refractivity contribution >= 4 is 0 Å². The van der Waals surface area contributed by atoms with Crippen molar-refractivity contribution in [2.75, 3.05) is 0 Å². The van der Waals surface area contributed by atoms with Gasteiger partial charge in [0.1, 0.15) is 5.82 Å². The maximum absolute atomic E-state index is 5.13. The first-order valence-corrected chi connectivity index (χ1v) is 19.3. The number of imidazole rings is 1. The highest BCUT2D eigenvalue weighted by atomic mass is 15.1. The Morgan fingerprint density at radius 3 is 1.58 bits per heavy atom. The number of aromatic nitrogens is 2. The molecule has 0 bridgehead atoms. The van der Waals surface area contributed by atoms with Crippen molar-refractivity contribution in [1.82, 2.24) is 9.55 Å². The molecule has 2 aromatic carbocycles. The van der Waals surface area contributed by atoms with Gasteiger partial charge >= 0.3 is 0 Å². The lowest BCUT2D eigenvalue weighted by Crippen LogP contribution is -2.35. The Bertz CT molecular complexity index is 1090. The van der Waals surface area contributed by atoms with Crippen LogP contribution in [0.5, 0.6) is 0 Å². The molecule has 0 aliphatic rings. The molecule has 1 heterocycles. The minimum Gasteiger partial charge on any atom is -0.335 e. The minimum atomic E-state index is -0.0244. The SMILES string of the molecule is CCCCCCCCCCCCCCCCC(c1nccn1CCCCCCCC)C(C)(Cc1ccccc1)c1ccccc1. The lowest BCUT2D eigenvalue weighted by molar-refractivity contribution is 0.321. The van der Waals surface area contributed by atoms with Gasteiger partial charge in [0, 0.05) is 30.3 Å². The molecule has 0 aliphatic heterocycles. The zero-order valence-electron chi connectivity index (χ0n) is 29.7. The van der Waals surface area contributed by atoms with Crippen LogP contribution in [0.2, 0.25) is 0 Å². The van der Waals surface area contributed by atoms with Crippen molar-refractivity contribution in [3.63, 3.8) is 0 Å². The van der Waals surface area contributed by atoms with E-state index in [-0.39, 0.29) is 5.41 Å². The molecule has 0 N–H and O–H groups in total. The Balaban J connectivity index is 1.61. The number of hydrogen-bond acceptors (Lipinski definition) is 1. The van der Waals surface area contributed by atoms with Crippen LogP contribution in [-0.2, 0) is 18.4 Å². The molecular formula is C43H68N2. The predicted molar refractivity (Wildman–Crippen MR) is 197 cm³/mol. The van der Waals surface area contributed by atoms with Gasteiger partial charge in [0.15, 0.2) is 0 Å². The minimum absolute atomic E-state index is 0.0244. The van der Waals surface area contributed by atoms with Crippen LogP contribution < -0.4 is 0 Å². The van der Waals surface area contributed by atoms with E-state index in [4.69, 9.17) is 4.98 Å². The number of aryl methyl sites for hydroxylation is 1. The van der Waals surface area contributed by atoms with Crippen molar-refractivity contribution in [3.8, 4) is 0 Å². The Kier molecular flexibility index (Phi) is 19.0. The smallest absolute Gasteiger partial charge is 0.112 e. The molecule has 3 aromatic rings. The highest BCUT2D eigenvalue weighted by molar-refractivity contribution is 5.33. The first-order valence-electron chi connectivity index (χ1n) is 19.3. The summed E-state index contributed by atoms with van der Waals surface area (Å²) >= 11 is 0. The monoisotopic (exact) mass is 613 g/mol. The highest BCUT2D eigenvalue weighted by Gasteiger charge is 2.39. The Morgan fingerprint density at radius 1 is 0.578 bits per heavy atom. The molecule has 0 amide bonds. The summed E-state index contributed by atoms with van der Waals surface area (Å²) < 4.78 is 2.51. The summed E-state index contributed by atoms with van der Waals surface area (Å²) in [5, 5.41) is 0. The van der Waals surface area contributed by atoms with Crippen LogP contribution in [0.4, 0.5) is 0 Å². The fourth-order valence-corrected chi connectivity index (χ4v) is 7.42. The molecule has 0 spiro atoms. The van der Waals surface area contributed by atoms with E-state index in [0.29, 0.717) is 5.92 Å². The Hall–Kier alpha value is -2.35. The van der Waals surface area contributed by atoms with Gasteiger partial charge in [-0.3, -0.25) is 0 Å². The Morgan fingerprint density at radius 2 is 1.04 bits per heavy atom. The van der Waals surface area contributed by atoms with E-state index in [9.17, 15) is 0 Å². The average Bonchev–Trinajstić information content (AvgIpc) is 3.53. The summed E-state index contributed by atoms with van der Waals surface area (Å²) in [5.41, 5.74) is 2.84. The third-order valence-corrected chi connectivity index (χ3v) is 10.3. The largest absolute Gasteiger partial charge is 0.335 e. The van der Waals surface area contributed by atoms with E-state index < -0.39 is 0 Å². The molecule has 250 valence electrons. The van der Waals surface area contributed by atoms with E-state index in [0.717, 1.165) is 13.0 Å². The van der Waals surface area contributed by atoms with Crippen LogP contribution in [0.3, 0.4) is 0 Å². The van der Waals surface area contributed by atoms with Crippen molar-refractivity contribution in [3.05, 3.63) is 90.0 Å². The second-order valence-corrected chi connectivity index (χ2v) is 14.1. The van der Waals surface area contributed by atoms with E-state index in [1.54, 1.807) is 0 Å². The summed E-state index contributed by atoms with van der Waals surface area (Å²) in [6.45, 7) is 8.22. The standard InChI is InChI=1S/C43H68N2/c1-4-6-8-10-12-13-14-15-16-17-18-19-20-28-34-41(42-44-35-37-45(42)36-29-21-11-9-7-5-2)43(3,40-32-26-23-27-33-40)38-39-30-24-22-25-31-39/h22-27,30-33,35,37,41H,4-21,28-29,34,36,38H2,1-3H3. The van der Waals surface area contributed by atoms with Gasteiger partial charge in [-0.05, 0) is 30.4 Å². The van der Waals surface area contributed by atoms with Crippen molar-refractivity contribution in [2.45, 2.75) is 180 Å². The zero-order chi connectivity index (χ0) is 31.8. The van der Waals surface area contributed by atoms with Crippen LogP contribution in [0, 0.1) is 0 Å². The summed E-state index contributed by atoms with van der Waals surface area (Å²) in [4.78, 5) is 5.13. The van der Waals surface area contributed by atoms with Gasteiger partial charge in [-0.2, -0.15) is 0 Å². The van der Waals surface area contributed by atoms with Gasteiger partial charge in [0.2, 0.25) is 0 Å². The lowest BCUT2D eigenvalue weighted by Gasteiger charge is -2.39. The second-order valence-electron chi connectivity index (χ2n) is 14.1. The summed E-state index contributed by atoms with van der Waals surface area (Å²) in [5.74, 6) is 1.69. The summed E-state index contributed by atoms with van der Waals surface area (Å²) in [6.07, 6.45) is 34.2. The maximum Gasteiger partial charge on any atom is 0.112 e. The van der Waals surface area contributed by atoms with Crippen molar-refractivity contribution in [2.24, 2.45) is 0 Å². The van der Waals surface area contributed by atoms with E-state index in [1.807, 2.05) is 0 Å². The molecule has 3 rings (SSSR count). The summed E-state index contributed by atoms with van der Waals surface area (Å²) in [6, 6.07) is 22.5. The van der Waals surface area contributed by atoms with Gasteiger partial charge in [-0.1, -0.05) is 203 Å². The van der Waals surface area contributed by atoms with Crippen LogP contribution in [0.25, 0.3) is 0 Å².